The SMILES string of the molecule is CCn1cc(C(=O)O)c(=O)c2cc(O)c(F)c(F)c21. The van der Waals surface area contributed by atoms with Gasteiger partial charge in [0.05, 0.1) is 10.9 Å². The van der Waals surface area contributed by atoms with Crippen molar-refractivity contribution in [3.05, 3.63) is 39.7 Å². The smallest absolute Gasteiger partial charge is 0.341 e. The minimum Gasteiger partial charge on any atom is -0.505 e. The van der Waals surface area contributed by atoms with Crippen LogP contribution in [0.3, 0.4) is 0 Å². The van der Waals surface area contributed by atoms with E-state index in [1.807, 2.05) is 0 Å². The van der Waals surface area contributed by atoms with Gasteiger partial charge in [-0.2, -0.15) is 4.39 Å². The van der Waals surface area contributed by atoms with Crippen LogP contribution in [-0.2, 0) is 6.54 Å². The monoisotopic (exact) mass is 269 g/mol. The number of aromatic carboxylic acids is 1. The van der Waals surface area contributed by atoms with Gasteiger partial charge in [-0.05, 0) is 13.0 Å². The molecule has 0 aliphatic heterocycles. The van der Waals surface area contributed by atoms with Gasteiger partial charge in [-0.3, -0.25) is 4.79 Å². The molecule has 2 N–H and O–H groups in total. The topological polar surface area (TPSA) is 79.5 Å². The van der Waals surface area contributed by atoms with Gasteiger partial charge in [0.1, 0.15) is 5.56 Å². The zero-order valence-corrected chi connectivity index (χ0v) is 9.78. The maximum absolute atomic E-state index is 13.8. The first-order chi connectivity index (χ1) is 8.88. The molecule has 0 amide bonds. The Labute approximate surface area is 105 Å². The fourth-order valence-corrected chi connectivity index (χ4v) is 1.88. The van der Waals surface area contributed by atoms with Crippen LogP contribution in [0.4, 0.5) is 8.78 Å². The van der Waals surface area contributed by atoms with E-state index in [2.05, 4.69) is 0 Å². The summed E-state index contributed by atoms with van der Waals surface area (Å²) in [5.41, 5.74) is -1.91. The number of carboxylic acids is 1. The van der Waals surface area contributed by atoms with Crippen LogP contribution in [0.15, 0.2) is 17.1 Å². The van der Waals surface area contributed by atoms with Crippen LogP contribution >= 0.6 is 0 Å². The molecule has 7 heteroatoms. The fraction of sp³-hybridized carbons (Fsp3) is 0.167. The number of phenols is 1. The number of phenolic OH excluding ortho intramolecular Hbond substituents is 1. The zero-order chi connectivity index (χ0) is 14.3. The van der Waals surface area contributed by atoms with E-state index in [1.165, 1.54) is 0 Å². The Bertz CT molecular complexity index is 752. The quantitative estimate of drug-likeness (QED) is 0.869. The number of carboxylic acid groups (broad SMARTS) is 1. The van der Waals surface area contributed by atoms with Gasteiger partial charge in [0.25, 0.3) is 0 Å². The summed E-state index contributed by atoms with van der Waals surface area (Å²) in [7, 11) is 0. The largest absolute Gasteiger partial charge is 0.505 e. The lowest BCUT2D eigenvalue weighted by molar-refractivity contribution is 0.0695. The number of hydrogen-bond acceptors (Lipinski definition) is 3. The maximum atomic E-state index is 13.8. The third-order valence-electron chi connectivity index (χ3n) is 2.79. The molecule has 0 aliphatic rings. The first-order valence-corrected chi connectivity index (χ1v) is 5.35. The van der Waals surface area contributed by atoms with Crippen LogP contribution < -0.4 is 5.43 Å². The molecule has 2 rings (SSSR count). The van der Waals surface area contributed by atoms with Crippen molar-refractivity contribution in [2.24, 2.45) is 0 Å². The molecule has 0 radical (unpaired) electrons. The number of aryl methyl sites for hydroxylation is 1. The van der Waals surface area contributed by atoms with Gasteiger partial charge in [0.2, 0.25) is 11.2 Å². The minimum atomic E-state index is -1.47. The van der Waals surface area contributed by atoms with E-state index in [9.17, 15) is 23.5 Å². The Hall–Kier alpha value is -2.44. The number of aromatic hydroxyl groups is 1. The molecule has 0 bridgehead atoms. The highest BCUT2D eigenvalue weighted by Gasteiger charge is 2.21. The summed E-state index contributed by atoms with van der Waals surface area (Å²) < 4.78 is 28.2. The lowest BCUT2D eigenvalue weighted by Gasteiger charge is -2.11. The highest BCUT2D eigenvalue weighted by Crippen LogP contribution is 2.26. The predicted molar refractivity (Wildman–Crippen MR) is 62.4 cm³/mol. The van der Waals surface area contributed by atoms with E-state index < -0.39 is 34.3 Å². The summed E-state index contributed by atoms with van der Waals surface area (Å²) in [4.78, 5) is 22.8. The van der Waals surface area contributed by atoms with Crippen LogP contribution in [-0.4, -0.2) is 20.7 Å². The normalized spacial score (nSPS) is 10.9. The highest BCUT2D eigenvalue weighted by molar-refractivity contribution is 5.93. The van der Waals surface area contributed by atoms with E-state index in [0.717, 1.165) is 16.8 Å². The third kappa shape index (κ3) is 1.83. The highest BCUT2D eigenvalue weighted by atomic mass is 19.2. The number of rotatable bonds is 2. The molecular weight excluding hydrogens is 260 g/mol. The average molecular weight is 269 g/mol. The molecule has 1 aromatic carbocycles. The number of nitrogens with zero attached hydrogens (tertiary/aromatic N) is 1. The molecule has 1 aromatic heterocycles. The average Bonchev–Trinajstić information content (AvgIpc) is 2.37. The van der Waals surface area contributed by atoms with Crippen molar-refractivity contribution in [2.75, 3.05) is 0 Å². The predicted octanol–water partition coefficient (Wildman–Crippen LogP) is 1.70. The number of pyridine rings is 1. The van der Waals surface area contributed by atoms with Gasteiger partial charge in [-0.25, -0.2) is 9.18 Å². The van der Waals surface area contributed by atoms with Gasteiger partial charge in [-0.15, -0.1) is 0 Å². The molecule has 0 saturated carbocycles. The molecule has 0 spiro atoms. The van der Waals surface area contributed by atoms with Crippen molar-refractivity contribution >= 4 is 16.9 Å². The number of hydrogen-bond donors (Lipinski definition) is 2. The fourth-order valence-electron chi connectivity index (χ4n) is 1.88. The Morgan fingerprint density at radius 2 is 2.00 bits per heavy atom. The Balaban J connectivity index is 3.08. The summed E-state index contributed by atoms with van der Waals surface area (Å²) in [6.07, 6.45) is 0.951. The van der Waals surface area contributed by atoms with Gasteiger partial charge >= 0.3 is 5.97 Å². The van der Waals surface area contributed by atoms with Gasteiger partial charge < -0.3 is 14.8 Å². The maximum Gasteiger partial charge on any atom is 0.341 e. The molecule has 0 saturated heterocycles. The van der Waals surface area contributed by atoms with Crippen LogP contribution in [0.2, 0.25) is 0 Å². The summed E-state index contributed by atoms with van der Waals surface area (Å²) >= 11 is 0. The lowest BCUT2D eigenvalue weighted by atomic mass is 10.1. The first-order valence-electron chi connectivity index (χ1n) is 5.35. The number of carbonyl (C=O) groups is 1. The van der Waals surface area contributed by atoms with Crippen LogP contribution in [0.5, 0.6) is 5.75 Å². The standard InChI is InChI=1S/C12H9F2NO4/c1-2-15-4-6(12(18)19)11(17)5-3-7(16)8(13)9(14)10(5)15/h3-4,16H,2H2,1H3,(H,18,19). The Kier molecular flexibility index (Phi) is 2.97. The van der Waals surface area contributed by atoms with Crippen LogP contribution in [0, 0.1) is 11.6 Å². The minimum absolute atomic E-state index is 0.137. The summed E-state index contributed by atoms with van der Waals surface area (Å²) in [6, 6.07) is 0.731. The molecule has 2 aromatic rings. The molecule has 1 heterocycles. The first kappa shape index (κ1) is 13.0. The molecule has 19 heavy (non-hydrogen) atoms. The van der Waals surface area contributed by atoms with Crippen LogP contribution in [0.1, 0.15) is 17.3 Å². The van der Waals surface area contributed by atoms with Gasteiger partial charge in [-0.1, -0.05) is 0 Å². The van der Waals surface area contributed by atoms with E-state index in [0.29, 0.717) is 0 Å². The number of benzene rings is 1. The van der Waals surface area contributed by atoms with E-state index >= 15 is 0 Å². The molecule has 100 valence electrons. The van der Waals surface area contributed by atoms with E-state index in [1.54, 1.807) is 6.92 Å². The van der Waals surface area contributed by atoms with E-state index in [4.69, 9.17) is 5.11 Å². The lowest BCUT2D eigenvalue weighted by Crippen LogP contribution is -2.19. The number of halogens is 2. The molecular formula is C12H9F2NO4. The number of fused-ring (bicyclic) bond motifs is 1. The summed E-state index contributed by atoms with van der Waals surface area (Å²) in [5, 5.41) is 17.7. The van der Waals surface area contributed by atoms with Crippen molar-refractivity contribution in [3.63, 3.8) is 0 Å². The Morgan fingerprint density at radius 1 is 1.37 bits per heavy atom. The zero-order valence-electron chi connectivity index (χ0n) is 9.78. The van der Waals surface area contributed by atoms with Crippen molar-refractivity contribution in [1.82, 2.24) is 4.57 Å². The second-order valence-electron chi connectivity index (χ2n) is 3.88. The summed E-state index contributed by atoms with van der Waals surface area (Å²) in [6.45, 7) is 1.72. The van der Waals surface area contributed by atoms with Gasteiger partial charge in [0.15, 0.2) is 11.6 Å². The number of aromatic nitrogens is 1. The molecule has 0 aliphatic carbocycles. The van der Waals surface area contributed by atoms with Crippen molar-refractivity contribution in [1.29, 1.82) is 0 Å². The molecule has 0 unspecified atom stereocenters. The molecule has 0 fully saturated rings. The summed E-state index contributed by atoms with van der Waals surface area (Å²) in [5.74, 6) is -5.37. The molecule has 0 atom stereocenters. The molecule has 5 nitrogen and oxygen atoms in total. The second-order valence-corrected chi connectivity index (χ2v) is 3.88. The third-order valence-corrected chi connectivity index (χ3v) is 2.79. The Morgan fingerprint density at radius 3 is 2.53 bits per heavy atom. The second kappa shape index (κ2) is 4.34. The van der Waals surface area contributed by atoms with Crippen LogP contribution in [0.25, 0.3) is 10.9 Å². The van der Waals surface area contributed by atoms with Gasteiger partial charge in [0, 0.05) is 12.7 Å². The van der Waals surface area contributed by atoms with E-state index in [-0.39, 0.29) is 17.4 Å². The van der Waals surface area contributed by atoms with Crippen molar-refractivity contribution in [3.8, 4) is 5.75 Å². The van der Waals surface area contributed by atoms with Crippen molar-refractivity contribution < 1.29 is 23.8 Å². The van der Waals surface area contributed by atoms with Crippen molar-refractivity contribution in [2.45, 2.75) is 13.5 Å².